The van der Waals surface area contributed by atoms with Crippen molar-refractivity contribution in [3.63, 3.8) is 0 Å². The van der Waals surface area contributed by atoms with Crippen molar-refractivity contribution in [1.82, 2.24) is 4.90 Å². The Kier molecular flexibility index (Phi) is 6.11. The van der Waals surface area contributed by atoms with Crippen molar-refractivity contribution in [3.8, 4) is 12.3 Å². The van der Waals surface area contributed by atoms with Crippen LogP contribution in [0.4, 0.5) is 10.5 Å². The van der Waals surface area contributed by atoms with Gasteiger partial charge in [0.05, 0.1) is 13.0 Å². The first-order valence-electron chi connectivity index (χ1n) is 6.37. The molecule has 106 valence electrons. The van der Waals surface area contributed by atoms with Gasteiger partial charge in [0.25, 0.3) is 0 Å². The highest BCUT2D eigenvalue weighted by molar-refractivity contribution is 5.89. The normalized spacial score (nSPS) is 9.60. The highest BCUT2D eigenvalue weighted by Gasteiger charge is 2.11. The number of rotatable bonds is 6. The van der Waals surface area contributed by atoms with Crippen molar-refractivity contribution < 1.29 is 14.7 Å². The second-order valence-electron chi connectivity index (χ2n) is 4.33. The van der Waals surface area contributed by atoms with E-state index in [1.54, 1.807) is 24.3 Å². The summed E-state index contributed by atoms with van der Waals surface area (Å²) in [5.74, 6) is 1.54. The number of hydrogen-bond acceptors (Lipinski definition) is 2. The maximum absolute atomic E-state index is 12.0. The number of amides is 2. The fourth-order valence-corrected chi connectivity index (χ4v) is 1.77. The monoisotopic (exact) mass is 274 g/mol. The molecule has 1 aromatic rings. The molecule has 0 heterocycles. The average molecular weight is 274 g/mol. The second kappa shape index (κ2) is 7.85. The fraction of sp³-hybridized carbons (Fsp3) is 0.333. The number of carboxylic acid groups (broad SMARTS) is 1. The van der Waals surface area contributed by atoms with Gasteiger partial charge >= 0.3 is 12.0 Å². The van der Waals surface area contributed by atoms with Gasteiger partial charge in [-0.2, -0.15) is 0 Å². The molecule has 0 atom stereocenters. The van der Waals surface area contributed by atoms with Gasteiger partial charge in [0.1, 0.15) is 0 Å². The number of urea groups is 1. The molecule has 0 aliphatic carbocycles. The van der Waals surface area contributed by atoms with Crippen LogP contribution in [0.3, 0.4) is 0 Å². The minimum Gasteiger partial charge on any atom is -0.481 e. The summed E-state index contributed by atoms with van der Waals surface area (Å²) in [4.78, 5) is 24.2. The predicted octanol–water partition coefficient (Wildman–Crippen LogP) is 2.19. The lowest BCUT2D eigenvalue weighted by Crippen LogP contribution is -2.35. The Morgan fingerprint density at radius 1 is 1.45 bits per heavy atom. The molecule has 5 heteroatoms. The molecule has 20 heavy (non-hydrogen) atoms. The first-order valence-corrected chi connectivity index (χ1v) is 6.37. The molecule has 0 unspecified atom stereocenters. The van der Waals surface area contributed by atoms with Crippen molar-refractivity contribution in [3.05, 3.63) is 29.8 Å². The quantitative estimate of drug-likeness (QED) is 0.781. The van der Waals surface area contributed by atoms with Gasteiger partial charge in [-0.3, -0.25) is 4.79 Å². The van der Waals surface area contributed by atoms with Gasteiger partial charge in [0, 0.05) is 12.2 Å². The lowest BCUT2D eigenvalue weighted by atomic mass is 10.1. The topological polar surface area (TPSA) is 69.6 Å². The molecule has 5 nitrogen and oxygen atoms in total. The third kappa shape index (κ3) is 5.02. The molecule has 0 aliphatic rings. The minimum atomic E-state index is -0.909. The second-order valence-corrected chi connectivity index (χ2v) is 4.33. The molecule has 1 aromatic carbocycles. The highest BCUT2D eigenvalue weighted by Crippen LogP contribution is 2.12. The van der Waals surface area contributed by atoms with E-state index in [2.05, 4.69) is 11.2 Å². The number of nitrogens with zero attached hydrogens (tertiary/aromatic N) is 1. The van der Waals surface area contributed by atoms with Crippen LogP contribution >= 0.6 is 0 Å². The van der Waals surface area contributed by atoms with Crippen LogP contribution in [0.15, 0.2) is 24.3 Å². The van der Waals surface area contributed by atoms with Gasteiger partial charge in [-0.05, 0) is 24.1 Å². The zero-order valence-electron chi connectivity index (χ0n) is 11.4. The Bertz CT molecular complexity index is 520. The average Bonchev–Trinajstić information content (AvgIpc) is 2.38. The van der Waals surface area contributed by atoms with Gasteiger partial charge in [-0.15, -0.1) is 6.42 Å². The summed E-state index contributed by atoms with van der Waals surface area (Å²) in [6.07, 6.45) is 5.97. The molecule has 0 spiro atoms. The van der Waals surface area contributed by atoms with Crippen molar-refractivity contribution >= 4 is 17.7 Å². The molecule has 0 bridgehead atoms. The number of carboxylic acids is 1. The standard InChI is InChI=1S/C15H18N2O3/c1-3-8-17(9-4-2)15(20)16-13-7-5-6-12(10-13)11-14(18)19/h1,5-7,10H,4,8-9,11H2,2H3,(H,16,20)(H,18,19). The van der Waals surface area contributed by atoms with E-state index in [0.29, 0.717) is 17.8 Å². The maximum atomic E-state index is 12.0. The third-order valence-corrected chi connectivity index (χ3v) is 2.60. The predicted molar refractivity (Wildman–Crippen MR) is 77.5 cm³/mol. The Balaban J connectivity index is 2.74. The van der Waals surface area contributed by atoms with Gasteiger partial charge in [0.15, 0.2) is 0 Å². The molecule has 1 rings (SSSR count). The number of carbonyl (C=O) groups is 2. The summed E-state index contributed by atoms with van der Waals surface area (Å²) in [6.45, 7) is 2.78. The van der Waals surface area contributed by atoms with E-state index in [9.17, 15) is 9.59 Å². The number of carbonyl (C=O) groups excluding carboxylic acids is 1. The van der Waals surface area contributed by atoms with Gasteiger partial charge in [0.2, 0.25) is 0 Å². The van der Waals surface area contributed by atoms with Gasteiger partial charge < -0.3 is 15.3 Å². The van der Waals surface area contributed by atoms with E-state index in [0.717, 1.165) is 6.42 Å². The van der Waals surface area contributed by atoms with E-state index < -0.39 is 5.97 Å². The lowest BCUT2D eigenvalue weighted by Gasteiger charge is -2.20. The number of nitrogens with one attached hydrogen (secondary N) is 1. The van der Waals surface area contributed by atoms with E-state index in [1.807, 2.05) is 6.92 Å². The fourth-order valence-electron chi connectivity index (χ4n) is 1.77. The number of hydrogen-bond donors (Lipinski definition) is 2. The summed E-state index contributed by atoms with van der Waals surface area (Å²) < 4.78 is 0. The Morgan fingerprint density at radius 3 is 2.80 bits per heavy atom. The van der Waals surface area contributed by atoms with Crippen LogP contribution in [0.5, 0.6) is 0 Å². The number of anilines is 1. The number of aliphatic carboxylic acids is 1. The maximum Gasteiger partial charge on any atom is 0.322 e. The summed E-state index contributed by atoms with van der Waals surface area (Å²) in [5, 5.41) is 11.5. The van der Waals surface area contributed by atoms with Crippen molar-refractivity contribution in [2.24, 2.45) is 0 Å². The molecule has 0 radical (unpaired) electrons. The lowest BCUT2D eigenvalue weighted by molar-refractivity contribution is -0.136. The molecule has 0 saturated heterocycles. The molecule has 2 N–H and O–H groups in total. The van der Waals surface area contributed by atoms with Crippen molar-refractivity contribution in [2.45, 2.75) is 19.8 Å². The Morgan fingerprint density at radius 2 is 2.20 bits per heavy atom. The number of benzene rings is 1. The van der Waals surface area contributed by atoms with E-state index in [1.165, 1.54) is 4.90 Å². The summed E-state index contributed by atoms with van der Waals surface area (Å²) in [6, 6.07) is 6.49. The Labute approximate surface area is 118 Å². The van der Waals surface area contributed by atoms with E-state index in [-0.39, 0.29) is 19.0 Å². The van der Waals surface area contributed by atoms with Gasteiger partial charge in [-0.1, -0.05) is 25.0 Å². The SMILES string of the molecule is C#CCN(CCC)C(=O)Nc1cccc(CC(=O)O)c1. The summed E-state index contributed by atoms with van der Waals surface area (Å²) in [5.41, 5.74) is 1.20. The van der Waals surface area contributed by atoms with Crippen LogP contribution in [0.2, 0.25) is 0 Å². The van der Waals surface area contributed by atoms with Crippen LogP contribution in [0.25, 0.3) is 0 Å². The molecule has 0 saturated carbocycles. The molecule has 0 aliphatic heterocycles. The zero-order chi connectivity index (χ0) is 15.0. The van der Waals surface area contributed by atoms with E-state index >= 15 is 0 Å². The van der Waals surface area contributed by atoms with Crippen molar-refractivity contribution in [2.75, 3.05) is 18.4 Å². The van der Waals surface area contributed by atoms with Gasteiger partial charge in [-0.25, -0.2) is 4.79 Å². The van der Waals surface area contributed by atoms with Crippen LogP contribution in [0.1, 0.15) is 18.9 Å². The largest absolute Gasteiger partial charge is 0.481 e. The van der Waals surface area contributed by atoms with Crippen LogP contribution in [0, 0.1) is 12.3 Å². The van der Waals surface area contributed by atoms with Crippen molar-refractivity contribution in [1.29, 1.82) is 0 Å². The first-order chi connectivity index (χ1) is 9.56. The first kappa shape index (κ1) is 15.6. The molecule has 2 amide bonds. The van der Waals surface area contributed by atoms with Crippen LogP contribution < -0.4 is 5.32 Å². The molecular formula is C15H18N2O3. The zero-order valence-corrected chi connectivity index (χ0v) is 11.4. The minimum absolute atomic E-state index is 0.0766. The highest BCUT2D eigenvalue weighted by atomic mass is 16.4. The summed E-state index contributed by atoms with van der Waals surface area (Å²) >= 11 is 0. The Hall–Kier alpha value is -2.48. The summed E-state index contributed by atoms with van der Waals surface area (Å²) in [7, 11) is 0. The molecule has 0 aromatic heterocycles. The molecular weight excluding hydrogens is 256 g/mol. The van der Waals surface area contributed by atoms with Crippen LogP contribution in [-0.2, 0) is 11.2 Å². The third-order valence-electron chi connectivity index (χ3n) is 2.60. The smallest absolute Gasteiger partial charge is 0.322 e. The molecule has 0 fully saturated rings. The number of terminal acetylenes is 1. The van der Waals surface area contributed by atoms with Crippen LogP contribution in [-0.4, -0.2) is 35.1 Å². The van der Waals surface area contributed by atoms with E-state index in [4.69, 9.17) is 11.5 Å².